The van der Waals surface area contributed by atoms with Crippen LogP contribution in [-0.4, -0.2) is 80.7 Å². The van der Waals surface area contributed by atoms with Crippen LogP contribution in [0.25, 0.3) is 44.5 Å². The van der Waals surface area contributed by atoms with Crippen molar-refractivity contribution in [1.82, 2.24) is 0 Å². The third-order valence-electron chi connectivity index (χ3n) is 15.0. The molecular formula is C57H61O13S4-. The SMILES string of the molecule is Cc1ccc(-c2ccc3c(c2)C(CCCCS(=O)(=O)O)(CCCCS(=O)(=O)O)c2cc(C(=O)c4ccc(-c5ccc6c(c5)C(CCCCS(=O)(=O)[O-])(CCCCS(=O)(=O)O)c5cc(C)ccc5-6)cc4)ccc2-3)cc1. The van der Waals surface area contributed by atoms with E-state index >= 15 is 0 Å². The van der Waals surface area contributed by atoms with Crippen molar-refractivity contribution >= 4 is 46.3 Å². The molecule has 0 saturated carbocycles. The lowest BCUT2D eigenvalue weighted by Crippen LogP contribution is -2.26. The average molecular weight is 1080 g/mol. The van der Waals surface area contributed by atoms with Gasteiger partial charge in [-0.15, -0.1) is 0 Å². The molecule has 1 unspecified atom stereocenters. The van der Waals surface area contributed by atoms with Crippen molar-refractivity contribution in [2.75, 3.05) is 23.0 Å². The van der Waals surface area contributed by atoms with Gasteiger partial charge in [0.25, 0.3) is 30.4 Å². The maximum absolute atomic E-state index is 14.7. The minimum Gasteiger partial charge on any atom is -0.748 e. The zero-order chi connectivity index (χ0) is 53.3. The van der Waals surface area contributed by atoms with Crippen molar-refractivity contribution < 1.29 is 56.7 Å². The van der Waals surface area contributed by atoms with E-state index < -0.39 is 74.3 Å². The molecule has 17 heteroatoms. The summed E-state index contributed by atoms with van der Waals surface area (Å²) in [6.45, 7) is 3.99. The third kappa shape index (κ3) is 12.6. The van der Waals surface area contributed by atoms with Gasteiger partial charge in [0, 0.05) is 27.7 Å². The molecule has 0 radical (unpaired) electrons. The molecule has 2 aliphatic carbocycles. The van der Waals surface area contributed by atoms with Gasteiger partial charge in [-0.1, -0.05) is 140 Å². The van der Waals surface area contributed by atoms with Crippen LogP contribution in [0.2, 0.25) is 0 Å². The van der Waals surface area contributed by atoms with Gasteiger partial charge in [0.1, 0.15) is 0 Å². The van der Waals surface area contributed by atoms with E-state index in [0.717, 1.165) is 77.9 Å². The molecule has 2 aliphatic rings. The first kappa shape index (κ1) is 54.9. The molecule has 0 spiro atoms. The van der Waals surface area contributed by atoms with Gasteiger partial charge in [-0.3, -0.25) is 18.5 Å². The second kappa shape index (κ2) is 21.7. The molecule has 8 rings (SSSR count). The van der Waals surface area contributed by atoms with E-state index in [1.165, 1.54) is 0 Å². The average Bonchev–Trinajstić information content (AvgIpc) is 3.75. The van der Waals surface area contributed by atoms with E-state index in [0.29, 0.717) is 62.5 Å². The van der Waals surface area contributed by atoms with Crippen molar-refractivity contribution in [1.29, 1.82) is 0 Å². The largest absolute Gasteiger partial charge is 0.748 e. The van der Waals surface area contributed by atoms with Crippen LogP contribution in [0.3, 0.4) is 0 Å². The molecule has 6 aromatic carbocycles. The van der Waals surface area contributed by atoms with Crippen LogP contribution >= 0.6 is 0 Å². The monoisotopic (exact) mass is 1080 g/mol. The fraction of sp³-hybridized carbons (Fsp3) is 0.351. The van der Waals surface area contributed by atoms with Gasteiger partial charge < -0.3 is 4.55 Å². The number of ketones is 1. The number of carbonyl (C=O) groups excluding carboxylic acids is 1. The summed E-state index contributed by atoms with van der Waals surface area (Å²) in [6, 6.07) is 39.6. The van der Waals surface area contributed by atoms with E-state index in [9.17, 15) is 56.7 Å². The predicted molar refractivity (Wildman–Crippen MR) is 288 cm³/mol. The number of carbonyl (C=O) groups is 1. The Kier molecular flexibility index (Phi) is 16.1. The zero-order valence-corrected chi connectivity index (χ0v) is 44.7. The van der Waals surface area contributed by atoms with Gasteiger partial charge >= 0.3 is 0 Å². The maximum Gasteiger partial charge on any atom is 0.264 e. The smallest absolute Gasteiger partial charge is 0.264 e. The molecule has 74 heavy (non-hydrogen) atoms. The number of fused-ring (bicyclic) bond motifs is 6. The van der Waals surface area contributed by atoms with Crippen LogP contribution in [0.5, 0.6) is 0 Å². The first-order valence-corrected chi connectivity index (χ1v) is 31.3. The molecule has 392 valence electrons. The molecule has 0 aliphatic heterocycles. The Balaban J connectivity index is 1.14. The lowest BCUT2D eigenvalue weighted by Gasteiger charge is -2.33. The van der Waals surface area contributed by atoms with Crippen molar-refractivity contribution in [3.63, 3.8) is 0 Å². The molecule has 1 atom stereocenters. The summed E-state index contributed by atoms with van der Waals surface area (Å²) in [7, 11) is -17.1. The molecule has 0 bridgehead atoms. The molecule has 3 N–H and O–H groups in total. The number of unbranched alkanes of at least 4 members (excludes halogenated alkanes) is 4. The summed E-state index contributed by atoms with van der Waals surface area (Å²) < 4.78 is 134. The third-order valence-corrected chi connectivity index (χ3v) is 18.2. The van der Waals surface area contributed by atoms with Gasteiger partial charge in [0.2, 0.25) is 0 Å². The zero-order valence-electron chi connectivity index (χ0n) is 41.4. The second-order valence-electron chi connectivity index (χ2n) is 20.2. The Labute approximate surface area is 435 Å². The lowest BCUT2D eigenvalue weighted by molar-refractivity contribution is 0.103. The van der Waals surface area contributed by atoms with E-state index in [4.69, 9.17) is 0 Å². The first-order valence-electron chi connectivity index (χ1n) is 24.9. The van der Waals surface area contributed by atoms with E-state index in [1.54, 1.807) is 18.2 Å². The van der Waals surface area contributed by atoms with Crippen LogP contribution in [0.4, 0.5) is 0 Å². The fourth-order valence-corrected chi connectivity index (χ4v) is 13.8. The Morgan fingerprint density at radius 1 is 0.392 bits per heavy atom. The highest BCUT2D eigenvalue weighted by Crippen LogP contribution is 2.57. The van der Waals surface area contributed by atoms with Gasteiger partial charge in [-0.2, -0.15) is 25.3 Å². The van der Waals surface area contributed by atoms with Crippen LogP contribution in [-0.2, 0) is 51.3 Å². The predicted octanol–water partition coefficient (Wildman–Crippen LogP) is 11.3. The van der Waals surface area contributed by atoms with Crippen LogP contribution in [0, 0.1) is 13.8 Å². The fourth-order valence-electron chi connectivity index (χ4n) is 11.5. The van der Waals surface area contributed by atoms with Gasteiger partial charge in [0.15, 0.2) is 5.78 Å². The summed E-state index contributed by atoms with van der Waals surface area (Å²) in [5, 5.41) is 0. The Morgan fingerprint density at radius 3 is 1.14 bits per heavy atom. The second-order valence-corrected chi connectivity index (χ2v) is 26.5. The molecule has 0 fully saturated rings. The van der Waals surface area contributed by atoms with E-state index in [1.807, 2.05) is 86.6 Å². The summed E-state index contributed by atoms with van der Waals surface area (Å²) >= 11 is 0. The molecule has 0 saturated heterocycles. The first-order chi connectivity index (χ1) is 34.8. The van der Waals surface area contributed by atoms with Crippen molar-refractivity contribution in [2.45, 2.75) is 102 Å². The highest BCUT2D eigenvalue weighted by molar-refractivity contribution is 7.86. The molecule has 0 amide bonds. The van der Waals surface area contributed by atoms with Gasteiger partial charge in [-0.05, 0) is 150 Å². The van der Waals surface area contributed by atoms with Crippen LogP contribution in [0.1, 0.15) is 126 Å². The maximum atomic E-state index is 14.7. The van der Waals surface area contributed by atoms with Crippen LogP contribution in [0.15, 0.2) is 121 Å². The molecule has 0 heterocycles. The van der Waals surface area contributed by atoms with E-state index in [-0.39, 0.29) is 31.5 Å². The molecule has 0 aromatic heterocycles. The van der Waals surface area contributed by atoms with Gasteiger partial charge in [0.05, 0.1) is 27.4 Å². The topological polar surface area (TPSA) is 237 Å². The van der Waals surface area contributed by atoms with Crippen molar-refractivity contribution in [2.24, 2.45) is 0 Å². The number of hydrogen-bond acceptors (Lipinski definition) is 10. The Morgan fingerprint density at radius 2 is 0.716 bits per heavy atom. The summed E-state index contributed by atoms with van der Waals surface area (Å²) in [4.78, 5) is 14.7. The summed E-state index contributed by atoms with van der Waals surface area (Å²) in [6.07, 6.45) is 4.20. The van der Waals surface area contributed by atoms with Crippen LogP contribution < -0.4 is 0 Å². The molecule has 6 aromatic rings. The molecular weight excluding hydrogens is 1020 g/mol. The minimum absolute atomic E-state index is 0.158. The van der Waals surface area contributed by atoms with Crippen molar-refractivity contribution in [3.05, 3.63) is 166 Å². The minimum atomic E-state index is -4.44. The summed E-state index contributed by atoms with van der Waals surface area (Å²) in [5.41, 5.74) is 12.7. The molecule has 13 nitrogen and oxygen atoms in total. The Bertz CT molecular complexity index is 3470. The quantitative estimate of drug-likeness (QED) is 0.0291. The van der Waals surface area contributed by atoms with Gasteiger partial charge in [-0.25, -0.2) is 8.42 Å². The Hall–Kier alpha value is -5.37. The van der Waals surface area contributed by atoms with E-state index in [2.05, 4.69) is 30.3 Å². The highest BCUT2D eigenvalue weighted by atomic mass is 32.2. The highest BCUT2D eigenvalue weighted by Gasteiger charge is 2.44. The lowest BCUT2D eigenvalue weighted by atomic mass is 9.70. The number of aryl methyl sites for hydroxylation is 2. The van der Waals surface area contributed by atoms with Crippen molar-refractivity contribution in [3.8, 4) is 44.5 Å². The number of hydrogen-bond donors (Lipinski definition) is 3. The number of benzene rings is 6. The summed E-state index contributed by atoms with van der Waals surface area (Å²) in [5.74, 6) is -2.00. The normalized spacial score (nSPS) is 15.9. The number of rotatable bonds is 24. The standard InChI is InChI=1S/C57H62O13S4/c1-39-11-14-41(15-12-39)44-20-25-49-50-26-22-46(38-54(50)57(53(49)36-44,29-5-9-33-73(65,66)67)30-6-10-34-74(68,69)70)55(58)43-18-16-42(17-19-43)45-21-24-48-47-23-13-40(2)35-51(47)56(52(48)37-45,27-3-7-31-71(59,60)61)28-4-8-32-72(62,63)64/h11-26,35-38H,3-10,27-34H2,1-2H3,(H,59,60,61)(H,62,63,64)(H,65,66,67)(H,68,69,70)/p-1.